The van der Waals surface area contributed by atoms with Crippen molar-refractivity contribution in [1.29, 1.82) is 0 Å². The van der Waals surface area contributed by atoms with Crippen molar-refractivity contribution < 1.29 is 19.4 Å². The summed E-state index contributed by atoms with van der Waals surface area (Å²) >= 11 is 2.12. The molecule has 2 unspecified atom stereocenters. The summed E-state index contributed by atoms with van der Waals surface area (Å²) in [5.74, 6) is -0.487. The number of carboxylic acid groups (broad SMARTS) is 1. The number of esters is 1. The average molecular weight is 313 g/mol. The second-order valence-corrected chi connectivity index (χ2v) is 4.66. The molecule has 14 heavy (non-hydrogen) atoms. The lowest BCUT2D eigenvalue weighted by molar-refractivity contribution is -0.142. The van der Waals surface area contributed by atoms with Crippen molar-refractivity contribution in [3.8, 4) is 0 Å². The lowest BCUT2D eigenvalue weighted by Gasteiger charge is -2.26. The summed E-state index contributed by atoms with van der Waals surface area (Å²) in [6.45, 7) is 3.64. The highest BCUT2D eigenvalue weighted by molar-refractivity contribution is 14.1. The predicted molar refractivity (Wildman–Crippen MR) is 57.5 cm³/mol. The van der Waals surface area contributed by atoms with E-state index in [9.17, 15) is 9.59 Å². The first-order chi connectivity index (χ1) is 6.39. The Labute approximate surface area is 95.3 Å². The molecule has 2 N–H and O–H groups in total. The molecule has 2 atom stereocenters. The number of amides is 1. The normalized spacial score (nSPS) is 29.8. The molecule has 0 spiro atoms. The molecule has 1 amide bonds. The SMILES string of the molecule is CC1(C)C(CI)OC(=O)C1NC(=O)O. The Morgan fingerprint density at radius 3 is 2.64 bits per heavy atom. The van der Waals surface area contributed by atoms with E-state index in [1.807, 2.05) is 13.8 Å². The predicted octanol–water partition coefficient (Wildman–Crippen LogP) is 1.01. The van der Waals surface area contributed by atoms with Gasteiger partial charge in [0.15, 0.2) is 0 Å². The zero-order chi connectivity index (χ0) is 10.9. The van der Waals surface area contributed by atoms with Gasteiger partial charge in [-0.25, -0.2) is 9.59 Å². The van der Waals surface area contributed by atoms with Crippen LogP contribution in [0.3, 0.4) is 0 Å². The molecular formula is C8H12INO4. The van der Waals surface area contributed by atoms with Gasteiger partial charge in [-0.05, 0) is 0 Å². The maximum Gasteiger partial charge on any atom is 0.405 e. The highest BCUT2D eigenvalue weighted by Gasteiger charge is 2.51. The molecule has 1 fully saturated rings. The number of ether oxygens (including phenoxy) is 1. The molecule has 0 radical (unpaired) electrons. The van der Waals surface area contributed by atoms with Gasteiger partial charge in [0.1, 0.15) is 12.1 Å². The van der Waals surface area contributed by atoms with E-state index in [1.54, 1.807) is 0 Å². The Balaban J connectivity index is 2.84. The lowest BCUT2D eigenvalue weighted by atomic mass is 9.82. The quantitative estimate of drug-likeness (QED) is 0.453. The van der Waals surface area contributed by atoms with Crippen LogP contribution in [0.1, 0.15) is 13.8 Å². The zero-order valence-corrected chi connectivity index (χ0v) is 10.1. The largest absolute Gasteiger partial charge is 0.465 e. The van der Waals surface area contributed by atoms with E-state index in [2.05, 4.69) is 27.9 Å². The smallest absolute Gasteiger partial charge is 0.405 e. The Morgan fingerprint density at radius 2 is 2.29 bits per heavy atom. The number of cyclic esters (lactones) is 1. The van der Waals surface area contributed by atoms with E-state index in [4.69, 9.17) is 9.84 Å². The van der Waals surface area contributed by atoms with Crippen LogP contribution >= 0.6 is 22.6 Å². The molecular weight excluding hydrogens is 301 g/mol. The number of hydrogen-bond donors (Lipinski definition) is 2. The number of hydrogen-bond acceptors (Lipinski definition) is 3. The molecule has 1 aliphatic rings. The van der Waals surface area contributed by atoms with Crippen molar-refractivity contribution >= 4 is 34.7 Å². The topological polar surface area (TPSA) is 75.6 Å². The van der Waals surface area contributed by atoms with Gasteiger partial charge in [-0.3, -0.25) is 0 Å². The zero-order valence-electron chi connectivity index (χ0n) is 7.91. The molecule has 6 heteroatoms. The van der Waals surface area contributed by atoms with E-state index in [0.717, 1.165) is 0 Å². The summed E-state index contributed by atoms with van der Waals surface area (Å²) in [4.78, 5) is 21.8. The number of halogens is 1. The fourth-order valence-corrected chi connectivity index (χ4v) is 2.76. The number of alkyl halides is 1. The lowest BCUT2D eigenvalue weighted by Crippen LogP contribution is -2.47. The monoisotopic (exact) mass is 313 g/mol. The number of nitrogens with one attached hydrogen (secondary N) is 1. The Bertz CT molecular complexity index is 266. The van der Waals surface area contributed by atoms with Crippen LogP contribution in [-0.2, 0) is 9.53 Å². The minimum Gasteiger partial charge on any atom is -0.465 e. The van der Waals surface area contributed by atoms with Gasteiger partial charge in [0.25, 0.3) is 0 Å². The molecule has 0 aromatic heterocycles. The third kappa shape index (κ3) is 1.94. The van der Waals surface area contributed by atoms with E-state index in [-0.39, 0.29) is 6.10 Å². The molecule has 0 aromatic carbocycles. The van der Waals surface area contributed by atoms with Crippen molar-refractivity contribution in [2.24, 2.45) is 5.41 Å². The van der Waals surface area contributed by atoms with Gasteiger partial charge < -0.3 is 15.2 Å². The molecule has 0 bridgehead atoms. The fraction of sp³-hybridized carbons (Fsp3) is 0.750. The summed E-state index contributed by atoms with van der Waals surface area (Å²) in [6.07, 6.45) is -1.43. The van der Waals surface area contributed by atoms with Crippen molar-refractivity contribution in [2.45, 2.75) is 26.0 Å². The van der Waals surface area contributed by atoms with Crippen molar-refractivity contribution in [2.75, 3.05) is 4.43 Å². The standard InChI is InChI=1S/C8H12INO4/c1-8(2)4(3-9)14-6(11)5(8)10-7(12)13/h4-5,10H,3H2,1-2H3,(H,12,13). The van der Waals surface area contributed by atoms with Gasteiger partial charge in [0, 0.05) is 9.84 Å². The molecule has 1 saturated heterocycles. The summed E-state index contributed by atoms with van der Waals surface area (Å²) in [5, 5.41) is 10.7. The Morgan fingerprint density at radius 1 is 1.71 bits per heavy atom. The van der Waals surface area contributed by atoms with E-state index in [1.165, 1.54) is 0 Å². The second kappa shape index (κ2) is 3.92. The van der Waals surface area contributed by atoms with Crippen molar-refractivity contribution in [1.82, 2.24) is 5.32 Å². The van der Waals surface area contributed by atoms with Crippen LogP contribution in [0.5, 0.6) is 0 Å². The number of carbonyl (C=O) groups excluding carboxylic acids is 1. The minimum atomic E-state index is -1.20. The second-order valence-electron chi connectivity index (χ2n) is 3.78. The van der Waals surface area contributed by atoms with Gasteiger partial charge in [-0.1, -0.05) is 36.4 Å². The van der Waals surface area contributed by atoms with Gasteiger partial charge in [0.05, 0.1) is 0 Å². The van der Waals surface area contributed by atoms with Crippen LogP contribution in [0.25, 0.3) is 0 Å². The van der Waals surface area contributed by atoms with Crippen LogP contribution in [0.4, 0.5) is 4.79 Å². The maximum absolute atomic E-state index is 11.3. The maximum atomic E-state index is 11.3. The van der Waals surface area contributed by atoms with Gasteiger partial charge in [-0.2, -0.15) is 0 Å². The first-order valence-corrected chi connectivity index (χ1v) is 5.68. The highest BCUT2D eigenvalue weighted by atomic mass is 127. The van der Waals surface area contributed by atoms with Gasteiger partial charge >= 0.3 is 12.1 Å². The highest BCUT2D eigenvalue weighted by Crippen LogP contribution is 2.36. The summed E-state index contributed by atoms with van der Waals surface area (Å²) in [7, 11) is 0. The molecule has 0 saturated carbocycles. The Hall–Kier alpha value is -0.530. The molecule has 1 rings (SSSR count). The number of rotatable bonds is 2. The first-order valence-electron chi connectivity index (χ1n) is 4.15. The summed E-state index contributed by atoms with van der Waals surface area (Å²) in [6, 6.07) is -0.764. The van der Waals surface area contributed by atoms with Crippen LogP contribution < -0.4 is 5.32 Å². The fourth-order valence-electron chi connectivity index (χ4n) is 1.45. The van der Waals surface area contributed by atoms with Crippen LogP contribution in [-0.4, -0.2) is 33.7 Å². The molecule has 80 valence electrons. The third-order valence-electron chi connectivity index (χ3n) is 2.48. The Kier molecular flexibility index (Phi) is 3.23. The van der Waals surface area contributed by atoms with Crippen LogP contribution in [0.15, 0.2) is 0 Å². The summed E-state index contributed by atoms with van der Waals surface area (Å²) < 4.78 is 5.73. The van der Waals surface area contributed by atoms with E-state index in [0.29, 0.717) is 4.43 Å². The third-order valence-corrected chi connectivity index (χ3v) is 3.28. The van der Waals surface area contributed by atoms with Crippen molar-refractivity contribution in [3.63, 3.8) is 0 Å². The summed E-state index contributed by atoms with van der Waals surface area (Å²) in [5.41, 5.74) is -0.489. The molecule has 0 aliphatic carbocycles. The van der Waals surface area contributed by atoms with Gasteiger partial charge in [0.2, 0.25) is 0 Å². The number of carbonyl (C=O) groups is 2. The molecule has 1 aliphatic heterocycles. The van der Waals surface area contributed by atoms with Crippen LogP contribution in [0, 0.1) is 5.41 Å². The minimum absolute atomic E-state index is 0.229. The molecule has 5 nitrogen and oxygen atoms in total. The first kappa shape index (κ1) is 11.5. The van der Waals surface area contributed by atoms with Crippen LogP contribution in [0.2, 0.25) is 0 Å². The van der Waals surface area contributed by atoms with E-state index >= 15 is 0 Å². The average Bonchev–Trinajstić information content (AvgIpc) is 2.27. The molecule has 1 heterocycles. The van der Waals surface area contributed by atoms with Crippen molar-refractivity contribution in [3.05, 3.63) is 0 Å². The van der Waals surface area contributed by atoms with E-state index < -0.39 is 23.5 Å². The van der Waals surface area contributed by atoms with Gasteiger partial charge in [-0.15, -0.1) is 0 Å². The molecule has 0 aromatic rings.